The standard InChI is InChI=1S/C12H20N2O3S/c1-3-14(8-5-9-15)18(16,17)12-7-4-6-11(13)10(12)2/h4,6-7,15H,3,5,8-9,13H2,1-2H3. The molecule has 6 heteroatoms. The summed E-state index contributed by atoms with van der Waals surface area (Å²) in [6.07, 6.45) is 0.425. The van der Waals surface area contributed by atoms with E-state index in [1.165, 1.54) is 4.31 Å². The van der Waals surface area contributed by atoms with Crippen molar-refractivity contribution in [1.82, 2.24) is 4.31 Å². The molecule has 0 bridgehead atoms. The molecule has 102 valence electrons. The minimum atomic E-state index is -3.53. The van der Waals surface area contributed by atoms with Crippen LogP contribution in [0.5, 0.6) is 0 Å². The maximum absolute atomic E-state index is 12.4. The summed E-state index contributed by atoms with van der Waals surface area (Å²) in [6.45, 7) is 4.13. The van der Waals surface area contributed by atoms with Crippen molar-refractivity contribution in [3.63, 3.8) is 0 Å². The molecule has 0 heterocycles. The minimum Gasteiger partial charge on any atom is -0.398 e. The highest BCUT2D eigenvalue weighted by molar-refractivity contribution is 7.89. The van der Waals surface area contributed by atoms with Gasteiger partial charge >= 0.3 is 0 Å². The summed E-state index contributed by atoms with van der Waals surface area (Å²) >= 11 is 0. The van der Waals surface area contributed by atoms with E-state index in [1.807, 2.05) is 0 Å². The van der Waals surface area contributed by atoms with Gasteiger partial charge in [-0.15, -0.1) is 0 Å². The van der Waals surface area contributed by atoms with Crippen molar-refractivity contribution in [2.24, 2.45) is 0 Å². The summed E-state index contributed by atoms with van der Waals surface area (Å²) in [7, 11) is -3.53. The van der Waals surface area contributed by atoms with Gasteiger partial charge in [-0.2, -0.15) is 4.31 Å². The zero-order chi connectivity index (χ0) is 13.8. The number of benzene rings is 1. The predicted molar refractivity (Wildman–Crippen MR) is 71.7 cm³/mol. The van der Waals surface area contributed by atoms with E-state index in [0.29, 0.717) is 30.8 Å². The van der Waals surface area contributed by atoms with Gasteiger partial charge in [0.25, 0.3) is 0 Å². The number of nitrogens with zero attached hydrogens (tertiary/aromatic N) is 1. The Hall–Kier alpha value is -1.11. The third-order valence-corrected chi connectivity index (χ3v) is 4.98. The normalized spacial score (nSPS) is 12.0. The average Bonchev–Trinajstić information content (AvgIpc) is 2.33. The first kappa shape index (κ1) is 14.9. The molecule has 5 nitrogen and oxygen atoms in total. The van der Waals surface area contributed by atoms with E-state index >= 15 is 0 Å². The lowest BCUT2D eigenvalue weighted by atomic mass is 10.2. The van der Waals surface area contributed by atoms with E-state index in [0.717, 1.165) is 0 Å². The largest absolute Gasteiger partial charge is 0.398 e. The lowest BCUT2D eigenvalue weighted by molar-refractivity contribution is 0.271. The van der Waals surface area contributed by atoms with Crippen LogP contribution in [0.3, 0.4) is 0 Å². The Morgan fingerprint density at radius 1 is 1.39 bits per heavy atom. The van der Waals surface area contributed by atoms with Crippen LogP contribution in [0.2, 0.25) is 0 Å². The number of aliphatic hydroxyl groups excluding tert-OH is 1. The van der Waals surface area contributed by atoms with Crippen LogP contribution in [0, 0.1) is 6.92 Å². The summed E-state index contributed by atoms with van der Waals surface area (Å²) in [5.74, 6) is 0. The zero-order valence-electron chi connectivity index (χ0n) is 10.8. The van der Waals surface area contributed by atoms with E-state index in [9.17, 15) is 8.42 Å². The monoisotopic (exact) mass is 272 g/mol. The van der Waals surface area contributed by atoms with Gasteiger partial charge < -0.3 is 10.8 Å². The fourth-order valence-corrected chi connectivity index (χ4v) is 3.49. The van der Waals surface area contributed by atoms with Gasteiger partial charge in [0.15, 0.2) is 0 Å². The Bertz CT molecular complexity index is 500. The van der Waals surface area contributed by atoms with Crippen molar-refractivity contribution in [2.75, 3.05) is 25.4 Å². The van der Waals surface area contributed by atoms with Gasteiger partial charge in [0.05, 0.1) is 4.90 Å². The second-order valence-corrected chi connectivity index (χ2v) is 5.95. The van der Waals surface area contributed by atoms with Crippen molar-refractivity contribution in [3.8, 4) is 0 Å². The van der Waals surface area contributed by atoms with Gasteiger partial charge in [0.1, 0.15) is 0 Å². The fourth-order valence-electron chi connectivity index (χ4n) is 1.75. The second-order valence-electron chi connectivity index (χ2n) is 4.04. The van der Waals surface area contributed by atoms with Crippen LogP contribution in [0.4, 0.5) is 5.69 Å². The first-order chi connectivity index (χ1) is 8.45. The molecular weight excluding hydrogens is 252 g/mol. The number of nitrogen functional groups attached to an aromatic ring is 1. The maximum atomic E-state index is 12.4. The lowest BCUT2D eigenvalue weighted by Gasteiger charge is -2.21. The van der Waals surface area contributed by atoms with Crippen LogP contribution < -0.4 is 5.73 Å². The van der Waals surface area contributed by atoms with E-state index in [4.69, 9.17) is 10.8 Å². The quantitative estimate of drug-likeness (QED) is 0.756. The number of anilines is 1. The maximum Gasteiger partial charge on any atom is 0.243 e. The molecule has 3 N–H and O–H groups in total. The molecule has 0 amide bonds. The SMILES string of the molecule is CCN(CCCO)S(=O)(=O)c1cccc(N)c1C. The molecule has 0 spiro atoms. The molecule has 18 heavy (non-hydrogen) atoms. The van der Waals surface area contributed by atoms with Crippen LogP contribution >= 0.6 is 0 Å². The summed E-state index contributed by atoms with van der Waals surface area (Å²) in [4.78, 5) is 0.238. The van der Waals surface area contributed by atoms with Gasteiger partial charge in [-0.1, -0.05) is 13.0 Å². The molecule has 1 aromatic carbocycles. The molecule has 0 saturated carbocycles. The molecule has 0 aliphatic rings. The summed E-state index contributed by atoms with van der Waals surface area (Å²) in [6, 6.07) is 4.87. The van der Waals surface area contributed by atoms with Crippen LogP contribution in [-0.2, 0) is 10.0 Å². The third-order valence-electron chi connectivity index (χ3n) is 2.86. The van der Waals surface area contributed by atoms with Gasteiger partial charge in [0.2, 0.25) is 10.0 Å². The van der Waals surface area contributed by atoms with Gasteiger partial charge in [-0.05, 0) is 31.0 Å². The highest BCUT2D eigenvalue weighted by Gasteiger charge is 2.24. The summed E-state index contributed by atoms with van der Waals surface area (Å²) < 4.78 is 26.2. The number of hydrogen-bond acceptors (Lipinski definition) is 4. The molecule has 1 rings (SSSR count). The third kappa shape index (κ3) is 3.01. The average molecular weight is 272 g/mol. The number of hydrogen-bond donors (Lipinski definition) is 2. The zero-order valence-corrected chi connectivity index (χ0v) is 11.6. The van der Waals surface area contributed by atoms with Gasteiger partial charge in [0, 0.05) is 25.4 Å². The molecule has 0 radical (unpaired) electrons. The Morgan fingerprint density at radius 3 is 2.61 bits per heavy atom. The highest BCUT2D eigenvalue weighted by Crippen LogP contribution is 2.23. The summed E-state index contributed by atoms with van der Waals surface area (Å²) in [5.41, 5.74) is 6.77. The number of aliphatic hydroxyl groups is 1. The van der Waals surface area contributed by atoms with Crippen LogP contribution in [0.15, 0.2) is 23.1 Å². The molecule has 0 aliphatic carbocycles. The molecule has 1 aromatic rings. The van der Waals surface area contributed by atoms with Crippen LogP contribution in [0.25, 0.3) is 0 Å². The Kier molecular flexibility index (Phi) is 5.13. The Labute approximate surface area is 108 Å². The van der Waals surface area contributed by atoms with E-state index < -0.39 is 10.0 Å². The van der Waals surface area contributed by atoms with Crippen LogP contribution in [-0.4, -0.2) is 37.5 Å². The predicted octanol–water partition coefficient (Wildman–Crippen LogP) is 0.970. The van der Waals surface area contributed by atoms with Crippen molar-refractivity contribution in [1.29, 1.82) is 0 Å². The number of rotatable bonds is 6. The van der Waals surface area contributed by atoms with Crippen molar-refractivity contribution < 1.29 is 13.5 Å². The van der Waals surface area contributed by atoms with Crippen molar-refractivity contribution >= 4 is 15.7 Å². The molecule has 0 atom stereocenters. The topological polar surface area (TPSA) is 83.6 Å². The lowest BCUT2D eigenvalue weighted by Crippen LogP contribution is -2.32. The first-order valence-electron chi connectivity index (χ1n) is 5.91. The minimum absolute atomic E-state index is 0.0259. The van der Waals surface area contributed by atoms with E-state index in [2.05, 4.69) is 0 Å². The molecule has 0 unspecified atom stereocenters. The van der Waals surface area contributed by atoms with E-state index in [1.54, 1.807) is 32.0 Å². The van der Waals surface area contributed by atoms with Crippen molar-refractivity contribution in [3.05, 3.63) is 23.8 Å². The molecule has 0 saturated heterocycles. The van der Waals surface area contributed by atoms with Crippen LogP contribution in [0.1, 0.15) is 18.9 Å². The molecule has 0 aliphatic heterocycles. The number of nitrogens with two attached hydrogens (primary N) is 1. The molecular formula is C12H20N2O3S. The van der Waals surface area contributed by atoms with E-state index in [-0.39, 0.29) is 11.5 Å². The summed E-state index contributed by atoms with van der Waals surface area (Å²) in [5, 5.41) is 8.80. The Balaban J connectivity index is 3.15. The van der Waals surface area contributed by atoms with Crippen molar-refractivity contribution in [2.45, 2.75) is 25.2 Å². The molecule has 0 aromatic heterocycles. The smallest absolute Gasteiger partial charge is 0.243 e. The number of sulfonamides is 1. The Morgan fingerprint density at radius 2 is 2.06 bits per heavy atom. The second kappa shape index (κ2) is 6.17. The van der Waals surface area contributed by atoms with Gasteiger partial charge in [-0.3, -0.25) is 0 Å². The molecule has 0 fully saturated rings. The first-order valence-corrected chi connectivity index (χ1v) is 7.35. The highest BCUT2D eigenvalue weighted by atomic mass is 32.2. The van der Waals surface area contributed by atoms with Gasteiger partial charge in [-0.25, -0.2) is 8.42 Å². The fraction of sp³-hybridized carbons (Fsp3) is 0.500.